The van der Waals surface area contributed by atoms with Crippen LogP contribution in [0.25, 0.3) is 0 Å². The summed E-state index contributed by atoms with van der Waals surface area (Å²) in [7, 11) is 0. The Morgan fingerprint density at radius 2 is 2.00 bits per heavy atom. The summed E-state index contributed by atoms with van der Waals surface area (Å²) in [5.41, 5.74) is 3.36. The second kappa shape index (κ2) is 5.43. The maximum absolute atomic E-state index is 9.06. The van der Waals surface area contributed by atoms with E-state index < -0.39 is 0 Å². The molecule has 1 N–H and O–H groups in total. The summed E-state index contributed by atoms with van der Waals surface area (Å²) in [6.45, 7) is 2.02. The van der Waals surface area contributed by atoms with Gasteiger partial charge in [0, 0.05) is 15.2 Å². The van der Waals surface area contributed by atoms with Gasteiger partial charge in [-0.25, -0.2) is 0 Å². The van der Waals surface area contributed by atoms with E-state index in [0.29, 0.717) is 10.6 Å². The number of rotatable bonds is 2. The minimum absolute atomic E-state index is 0.527. The largest absolute Gasteiger partial charge is 0.354 e. The summed E-state index contributed by atoms with van der Waals surface area (Å²) in [6, 6.07) is 13.3. The predicted molar refractivity (Wildman–Crippen MR) is 78.3 cm³/mol. The number of nitrogens with one attached hydrogen (secondary N) is 1. The van der Waals surface area contributed by atoms with Crippen LogP contribution in [0.2, 0.25) is 5.02 Å². The topological polar surface area (TPSA) is 35.8 Å². The van der Waals surface area contributed by atoms with E-state index in [4.69, 9.17) is 16.9 Å². The highest BCUT2D eigenvalue weighted by atomic mass is 79.9. The molecule has 0 atom stereocenters. The number of hydrogen-bond donors (Lipinski definition) is 1. The van der Waals surface area contributed by atoms with Crippen molar-refractivity contribution in [2.75, 3.05) is 5.32 Å². The number of halogens is 2. The lowest BCUT2D eigenvalue weighted by Crippen LogP contribution is -1.94. The molecule has 0 unspecified atom stereocenters. The highest BCUT2D eigenvalue weighted by molar-refractivity contribution is 9.10. The minimum atomic E-state index is 0.527. The molecule has 18 heavy (non-hydrogen) atoms. The van der Waals surface area contributed by atoms with Gasteiger partial charge in [-0.2, -0.15) is 5.26 Å². The molecule has 2 rings (SSSR count). The zero-order valence-electron chi connectivity index (χ0n) is 9.67. The van der Waals surface area contributed by atoms with Crippen molar-refractivity contribution >= 4 is 38.9 Å². The van der Waals surface area contributed by atoms with Crippen LogP contribution >= 0.6 is 27.5 Å². The first-order chi connectivity index (χ1) is 8.60. The maximum atomic E-state index is 9.06. The Balaban J connectivity index is 2.34. The maximum Gasteiger partial charge on any atom is 0.101 e. The molecule has 0 heterocycles. The van der Waals surface area contributed by atoms with Crippen molar-refractivity contribution in [2.24, 2.45) is 0 Å². The Kier molecular flexibility index (Phi) is 3.90. The van der Waals surface area contributed by atoms with Crippen LogP contribution in [0, 0.1) is 18.3 Å². The molecule has 90 valence electrons. The van der Waals surface area contributed by atoms with Crippen molar-refractivity contribution in [3.8, 4) is 6.07 Å². The van der Waals surface area contributed by atoms with E-state index in [9.17, 15) is 0 Å². The monoisotopic (exact) mass is 320 g/mol. The molecular formula is C14H10BrClN2. The van der Waals surface area contributed by atoms with Gasteiger partial charge in [0.1, 0.15) is 6.07 Å². The molecule has 0 saturated heterocycles. The van der Waals surface area contributed by atoms with Gasteiger partial charge in [0.05, 0.1) is 11.3 Å². The van der Waals surface area contributed by atoms with Crippen molar-refractivity contribution in [3.05, 3.63) is 57.0 Å². The molecule has 0 aromatic heterocycles. The fourth-order valence-corrected chi connectivity index (χ4v) is 2.09. The summed E-state index contributed by atoms with van der Waals surface area (Å²) in [5, 5.41) is 12.8. The lowest BCUT2D eigenvalue weighted by atomic mass is 10.1. The highest BCUT2D eigenvalue weighted by Crippen LogP contribution is 2.26. The molecule has 0 fully saturated rings. The fourth-order valence-electron chi connectivity index (χ4n) is 1.54. The van der Waals surface area contributed by atoms with Crippen molar-refractivity contribution < 1.29 is 0 Å². The van der Waals surface area contributed by atoms with Crippen LogP contribution in [0.5, 0.6) is 0 Å². The second-order valence-corrected chi connectivity index (χ2v) is 5.18. The standard InChI is InChI=1S/C14H10BrClN2/c1-9-2-4-12(7-13(9)15)18-14-5-3-11(16)6-10(14)8-17/h2-7,18H,1H3. The lowest BCUT2D eigenvalue weighted by Gasteiger charge is -2.09. The van der Waals surface area contributed by atoms with Crippen molar-refractivity contribution in [1.29, 1.82) is 5.26 Å². The number of anilines is 2. The quantitative estimate of drug-likeness (QED) is 0.842. The van der Waals surface area contributed by atoms with Crippen LogP contribution in [0.4, 0.5) is 11.4 Å². The van der Waals surface area contributed by atoms with Gasteiger partial charge in [-0.3, -0.25) is 0 Å². The summed E-state index contributed by atoms with van der Waals surface area (Å²) in [6.07, 6.45) is 0. The molecule has 2 aromatic rings. The minimum Gasteiger partial charge on any atom is -0.354 e. The van der Waals surface area contributed by atoms with Gasteiger partial charge < -0.3 is 5.32 Å². The number of hydrogen-bond acceptors (Lipinski definition) is 2. The Hall–Kier alpha value is -1.50. The molecule has 0 aliphatic heterocycles. The molecule has 0 aliphatic carbocycles. The third kappa shape index (κ3) is 2.84. The lowest BCUT2D eigenvalue weighted by molar-refractivity contribution is 1.41. The highest BCUT2D eigenvalue weighted by Gasteiger charge is 2.04. The Labute approximate surface area is 119 Å². The first-order valence-corrected chi connectivity index (χ1v) is 6.50. The molecule has 0 bridgehead atoms. The molecule has 4 heteroatoms. The van der Waals surface area contributed by atoms with Gasteiger partial charge in [-0.15, -0.1) is 0 Å². The van der Waals surface area contributed by atoms with Crippen molar-refractivity contribution in [2.45, 2.75) is 6.92 Å². The van der Waals surface area contributed by atoms with E-state index in [0.717, 1.165) is 21.4 Å². The first kappa shape index (κ1) is 12.9. The first-order valence-electron chi connectivity index (χ1n) is 5.33. The molecule has 0 saturated carbocycles. The predicted octanol–water partition coefficient (Wildman–Crippen LogP) is 5.03. The molecule has 0 radical (unpaired) electrons. The van der Waals surface area contributed by atoms with Crippen LogP contribution in [0.1, 0.15) is 11.1 Å². The second-order valence-electron chi connectivity index (χ2n) is 3.89. The van der Waals surface area contributed by atoms with Gasteiger partial charge in [-0.1, -0.05) is 33.6 Å². The van der Waals surface area contributed by atoms with E-state index >= 15 is 0 Å². The van der Waals surface area contributed by atoms with Gasteiger partial charge in [0.15, 0.2) is 0 Å². The fraction of sp³-hybridized carbons (Fsp3) is 0.0714. The summed E-state index contributed by atoms with van der Waals surface area (Å²) in [4.78, 5) is 0. The Morgan fingerprint density at radius 1 is 1.22 bits per heavy atom. The Bertz CT molecular complexity index is 632. The zero-order chi connectivity index (χ0) is 13.1. The van der Waals surface area contributed by atoms with E-state index in [1.165, 1.54) is 0 Å². The molecule has 0 aliphatic rings. The van der Waals surface area contributed by atoms with Gasteiger partial charge in [-0.05, 0) is 42.8 Å². The molecule has 0 amide bonds. The number of nitriles is 1. The van der Waals surface area contributed by atoms with Crippen LogP contribution in [0.3, 0.4) is 0 Å². The van der Waals surface area contributed by atoms with E-state index in [2.05, 4.69) is 27.3 Å². The third-order valence-corrected chi connectivity index (χ3v) is 3.64. The van der Waals surface area contributed by atoms with Crippen molar-refractivity contribution in [1.82, 2.24) is 0 Å². The SMILES string of the molecule is Cc1ccc(Nc2ccc(Cl)cc2C#N)cc1Br. The summed E-state index contributed by atoms with van der Waals surface area (Å²) < 4.78 is 1.03. The molecular weight excluding hydrogens is 312 g/mol. The van der Waals surface area contributed by atoms with E-state index in [1.54, 1.807) is 18.2 Å². The van der Waals surface area contributed by atoms with E-state index in [1.807, 2.05) is 25.1 Å². The normalized spacial score (nSPS) is 9.89. The van der Waals surface area contributed by atoms with Crippen LogP contribution in [-0.2, 0) is 0 Å². The summed E-state index contributed by atoms with van der Waals surface area (Å²) in [5.74, 6) is 0. The van der Waals surface area contributed by atoms with E-state index in [-0.39, 0.29) is 0 Å². The zero-order valence-corrected chi connectivity index (χ0v) is 12.0. The van der Waals surface area contributed by atoms with Crippen LogP contribution in [0.15, 0.2) is 40.9 Å². The molecule has 0 spiro atoms. The molecule has 2 aromatic carbocycles. The number of nitrogens with zero attached hydrogens (tertiary/aromatic N) is 1. The van der Waals surface area contributed by atoms with Gasteiger partial charge in [0.25, 0.3) is 0 Å². The van der Waals surface area contributed by atoms with Crippen LogP contribution < -0.4 is 5.32 Å². The smallest absolute Gasteiger partial charge is 0.101 e. The Morgan fingerprint density at radius 3 is 2.67 bits per heavy atom. The number of benzene rings is 2. The van der Waals surface area contributed by atoms with Crippen LogP contribution in [-0.4, -0.2) is 0 Å². The number of aryl methyl sites for hydroxylation is 1. The van der Waals surface area contributed by atoms with Crippen molar-refractivity contribution in [3.63, 3.8) is 0 Å². The van der Waals surface area contributed by atoms with Gasteiger partial charge >= 0.3 is 0 Å². The molecule has 2 nitrogen and oxygen atoms in total. The summed E-state index contributed by atoms with van der Waals surface area (Å²) >= 11 is 9.34. The average Bonchev–Trinajstić information content (AvgIpc) is 2.36. The third-order valence-electron chi connectivity index (χ3n) is 2.55. The average molecular weight is 322 g/mol. The van der Waals surface area contributed by atoms with Gasteiger partial charge in [0.2, 0.25) is 0 Å².